The van der Waals surface area contributed by atoms with Gasteiger partial charge < -0.3 is 5.32 Å². The van der Waals surface area contributed by atoms with Crippen LogP contribution in [0, 0.1) is 5.41 Å². The highest BCUT2D eigenvalue weighted by molar-refractivity contribution is 6.30. The Kier molecular flexibility index (Phi) is 2.23. The predicted octanol–water partition coefficient (Wildman–Crippen LogP) is 2.82. The molecule has 0 spiro atoms. The second-order valence-electron chi connectivity index (χ2n) is 4.88. The molecule has 1 N–H and O–H groups in total. The Labute approximate surface area is 93.8 Å². The molecule has 1 aromatic heterocycles. The Hall–Kier alpha value is -1.09. The molecule has 2 heterocycles. The first-order valence-corrected chi connectivity index (χ1v) is 5.23. The van der Waals surface area contributed by atoms with Crippen molar-refractivity contribution in [2.45, 2.75) is 26.7 Å². The lowest BCUT2D eigenvalue weighted by Crippen LogP contribution is -2.25. The second-order valence-corrected chi connectivity index (χ2v) is 5.32. The third kappa shape index (κ3) is 1.72. The average molecular weight is 225 g/mol. The van der Waals surface area contributed by atoms with E-state index in [1.807, 2.05) is 26.8 Å². The van der Waals surface area contributed by atoms with Crippen LogP contribution in [0.3, 0.4) is 0 Å². The SMILES string of the molecule is CC(C)(C)C1C(=O)Nc2ncc(Cl)cc21. The number of nitrogens with zero attached hydrogens (tertiary/aromatic N) is 1. The Morgan fingerprint density at radius 3 is 2.73 bits per heavy atom. The summed E-state index contributed by atoms with van der Waals surface area (Å²) in [5, 5.41) is 3.34. The monoisotopic (exact) mass is 224 g/mol. The molecule has 1 aliphatic heterocycles. The smallest absolute Gasteiger partial charge is 0.233 e. The number of hydrogen-bond acceptors (Lipinski definition) is 2. The first kappa shape index (κ1) is 10.4. The van der Waals surface area contributed by atoms with Crippen LogP contribution < -0.4 is 5.32 Å². The molecule has 3 nitrogen and oxygen atoms in total. The Bertz CT molecular complexity index is 423. The fraction of sp³-hybridized carbons (Fsp3) is 0.455. The molecule has 0 aromatic carbocycles. The number of hydrogen-bond donors (Lipinski definition) is 1. The summed E-state index contributed by atoms with van der Waals surface area (Å²) < 4.78 is 0. The Morgan fingerprint density at radius 2 is 2.13 bits per heavy atom. The first-order valence-electron chi connectivity index (χ1n) is 4.86. The largest absolute Gasteiger partial charge is 0.310 e. The van der Waals surface area contributed by atoms with Crippen LogP contribution in [0.15, 0.2) is 12.3 Å². The minimum atomic E-state index is -0.168. The summed E-state index contributed by atoms with van der Waals surface area (Å²) in [6.07, 6.45) is 1.55. The molecule has 1 atom stereocenters. The summed E-state index contributed by atoms with van der Waals surface area (Å²) in [7, 11) is 0. The van der Waals surface area contributed by atoms with Crippen molar-refractivity contribution in [2.75, 3.05) is 5.32 Å². The molecule has 0 bridgehead atoms. The van der Waals surface area contributed by atoms with Gasteiger partial charge in [0.05, 0.1) is 10.9 Å². The van der Waals surface area contributed by atoms with Crippen molar-refractivity contribution in [3.05, 3.63) is 22.8 Å². The zero-order chi connectivity index (χ0) is 11.2. The third-order valence-electron chi connectivity index (χ3n) is 2.56. The molecule has 0 aliphatic carbocycles. The minimum absolute atomic E-state index is 0.00673. The van der Waals surface area contributed by atoms with E-state index in [1.165, 1.54) is 0 Å². The van der Waals surface area contributed by atoms with Crippen molar-refractivity contribution in [3.63, 3.8) is 0 Å². The lowest BCUT2D eigenvalue weighted by molar-refractivity contribution is -0.119. The number of carbonyl (C=O) groups excluding carboxylic acids is 1. The molecule has 1 aliphatic rings. The molecule has 0 saturated heterocycles. The molecule has 1 aromatic rings. The molecule has 4 heteroatoms. The second kappa shape index (κ2) is 3.20. The summed E-state index contributed by atoms with van der Waals surface area (Å²) >= 11 is 5.88. The number of halogens is 1. The van der Waals surface area contributed by atoms with Gasteiger partial charge >= 0.3 is 0 Å². The van der Waals surface area contributed by atoms with E-state index in [0.717, 1.165) is 5.56 Å². The fourth-order valence-electron chi connectivity index (χ4n) is 1.97. The highest BCUT2D eigenvalue weighted by atomic mass is 35.5. The molecule has 0 saturated carbocycles. The standard InChI is InChI=1S/C11H13ClN2O/c1-11(2,3)8-7-4-6(12)5-13-9(7)14-10(8)15/h4-5,8H,1-3H3,(H,13,14,15). The van der Waals surface area contributed by atoms with E-state index >= 15 is 0 Å². The van der Waals surface area contributed by atoms with Crippen LogP contribution in [-0.4, -0.2) is 10.9 Å². The van der Waals surface area contributed by atoms with Gasteiger partial charge in [-0.15, -0.1) is 0 Å². The fourth-order valence-corrected chi connectivity index (χ4v) is 2.14. The van der Waals surface area contributed by atoms with Gasteiger partial charge in [-0.1, -0.05) is 32.4 Å². The van der Waals surface area contributed by atoms with Crippen LogP contribution in [-0.2, 0) is 4.79 Å². The summed E-state index contributed by atoms with van der Waals surface area (Å²) in [6.45, 7) is 6.10. The van der Waals surface area contributed by atoms with Crippen molar-refractivity contribution in [1.82, 2.24) is 4.98 Å². The molecule has 15 heavy (non-hydrogen) atoms. The number of amides is 1. The van der Waals surface area contributed by atoms with Gasteiger partial charge in [0.1, 0.15) is 5.82 Å². The van der Waals surface area contributed by atoms with E-state index in [-0.39, 0.29) is 17.2 Å². The summed E-state index contributed by atoms with van der Waals surface area (Å²) in [5.41, 5.74) is 0.779. The number of rotatable bonds is 0. The maximum atomic E-state index is 11.8. The van der Waals surface area contributed by atoms with Crippen molar-refractivity contribution < 1.29 is 4.79 Å². The number of fused-ring (bicyclic) bond motifs is 1. The quantitative estimate of drug-likeness (QED) is 0.736. The molecular weight excluding hydrogens is 212 g/mol. The van der Waals surface area contributed by atoms with E-state index in [4.69, 9.17) is 11.6 Å². The normalized spacial score (nSPS) is 20.0. The predicted molar refractivity (Wildman–Crippen MR) is 60.1 cm³/mol. The molecule has 2 rings (SSSR count). The zero-order valence-corrected chi connectivity index (χ0v) is 9.72. The van der Waals surface area contributed by atoms with Crippen molar-refractivity contribution >= 4 is 23.3 Å². The number of aromatic nitrogens is 1. The maximum Gasteiger partial charge on any atom is 0.233 e. The Morgan fingerprint density at radius 1 is 1.47 bits per heavy atom. The molecule has 1 unspecified atom stereocenters. The van der Waals surface area contributed by atoms with Gasteiger partial charge in [0.2, 0.25) is 5.91 Å². The first-order chi connectivity index (χ1) is 6.89. The van der Waals surface area contributed by atoms with Gasteiger partial charge in [-0.25, -0.2) is 4.98 Å². The van der Waals surface area contributed by atoms with Crippen molar-refractivity contribution in [3.8, 4) is 0 Å². The van der Waals surface area contributed by atoms with Crippen LogP contribution in [0.1, 0.15) is 32.3 Å². The maximum absolute atomic E-state index is 11.8. The number of anilines is 1. The van der Waals surface area contributed by atoms with E-state index in [9.17, 15) is 4.79 Å². The summed E-state index contributed by atoms with van der Waals surface area (Å²) in [6, 6.07) is 1.82. The van der Waals surface area contributed by atoms with E-state index in [1.54, 1.807) is 6.20 Å². The van der Waals surface area contributed by atoms with Gasteiger partial charge in [-0.3, -0.25) is 4.79 Å². The number of nitrogens with one attached hydrogen (secondary N) is 1. The number of pyridine rings is 1. The van der Waals surface area contributed by atoms with Gasteiger partial charge in [0.15, 0.2) is 0 Å². The zero-order valence-electron chi connectivity index (χ0n) is 8.97. The lowest BCUT2D eigenvalue weighted by Gasteiger charge is -2.24. The molecular formula is C11H13ClN2O. The van der Waals surface area contributed by atoms with Gasteiger partial charge in [-0.2, -0.15) is 0 Å². The minimum Gasteiger partial charge on any atom is -0.310 e. The van der Waals surface area contributed by atoms with Crippen LogP contribution in [0.2, 0.25) is 5.02 Å². The van der Waals surface area contributed by atoms with Crippen LogP contribution in [0.25, 0.3) is 0 Å². The van der Waals surface area contributed by atoms with E-state index in [2.05, 4.69) is 10.3 Å². The molecule has 1 amide bonds. The number of carbonyl (C=O) groups is 1. The highest BCUT2D eigenvalue weighted by Crippen LogP contribution is 2.43. The summed E-state index contributed by atoms with van der Waals surface area (Å²) in [4.78, 5) is 15.9. The van der Waals surface area contributed by atoms with Gasteiger partial charge in [-0.05, 0) is 11.5 Å². The average Bonchev–Trinajstić information content (AvgIpc) is 2.38. The van der Waals surface area contributed by atoms with Crippen molar-refractivity contribution in [1.29, 1.82) is 0 Å². The van der Waals surface area contributed by atoms with Gasteiger partial charge in [0, 0.05) is 11.8 Å². The third-order valence-corrected chi connectivity index (χ3v) is 2.77. The highest BCUT2D eigenvalue weighted by Gasteiger charge is 2.39. The lowest BCUT2D eigenvalue weighted by atomic mass is 9.78. The van der Waals surface area contributed by atoms with Crippen LogP contribution in [0.4, 0.5) is 5.82 Å². The molecule has 80 valence electrons. The van der Waals surface area contributed by atoms with E-state index < -0.39 is 0 Å². The van der Waals surface area contributed by atoms with Crippen molar-refractivity contribution in [2.24, 2.45) is 5.41 Å². The molecule has 0 fully saturated rings. The van der Waals surface area contributed by atoms with Gasteiger partial charge in [0.25, 0.3) is 0 Å². The van der Waals surface area contributed by atoms with E-state index in [0.29, 0.717) is 10.8 Å². The van der Waals surface area contributed by atoms with Crippen LogP contribution in [0.5, 0.6) is 0 Å². The van der Waals surface area contributed by atoms with Crippen LogP contribution >= 0.6 is 11.6 Å². The summed E-state index contributed by atoms with van der Waals surface area (Å²) in [5.74, 6) is 0.482. The Balaban J connectivity index is 2.53. The topological polar surface area (TPSA) is 42.0 Å². The molecule has 0 radical (unpaired) electrons.